The molecule has 4 nitrogen and oxygen atoms in total. The first-order chi connectivity index (χ1) is 9.86. The van der Waals surface area contributed by atoms with Gasteiger partial charge in [0.25, 0.3) is 0 Å². The van der Waals surface area contributed by atoms with Gasteiger partial charge in [-0.25, -0.2) is 0 Å². The van der Waals surface area contributed by atoms with Crippen LogP contribution in [0.3, 0.4) is 0 Å². The number of hydrogen-bond acceptors (Lipinski definition) is 5. The van der Waals surface area contributed by atoms with Crippen molar-refractivity contribution in [1.29, 1.82) is 0 Å². The summed E-state index contributed by atoms with van der Waals surface area (Å²) >= 11 is 1.69. The van der Waals surface area contributed by atoms with Gasteiger partial charge in [-0.05, 0) is 43.9 Å². The van der Waals surface area contributed by atoms with Crippen LogP contribution >= 0.6 is 11.3 Å². The molecule has 0 aromatic carbocycles. The van der Waals surface area contributed by atoms with Gasteiger partial charge in [0, 0.05) is 18.7 Å². The lowest BCUT2D eigenvalue weighted by molar-refractivity contribution is 0.158. The normalized spacial score (nSPS) is 16.9. The largest absolute Gasteiger partial charge is 0.355 e. The van der Waals surface area contributed by atoms with Gasteiger partial charge in [0.15, 0.2) is 5.76 Å². The lowest BCUT2D eigenvalue weighted by atomic mass is 10.0. The topological polar surface area (TPSA) is 41.3 Å². The average molecular weight is 291 g/mol. The quantitative estimate of drug-likeness (QED) is 0.919. The van der Waals surface area contributed by atoms with Crippen LogP contribution in [0.25, 0.3) is 10.6 Å². The van der Waals surface area contributed by atoms with Gasteiger partial charge in [-0.3, -0.25) is 4.90 Å². The second-order valence-electron chi connectivity index (χ2n) is 5.20. The minimum absolute atomic E-state index is 0.670. The van der Waals surface area contributed by atoms with Crippen molar-refractivity contribution in [2.45, 2.75) is 32.4 Å². The molecule has 1 aliphatic rings. The third-order valence-corrected chi connectivity index (χ3v) is 4.80. The molecule has 2 aromatic heterocycles. The number of nitrogens with one attached hydrogen (secondary N) is 1. The fraction of sp³-hybridized carbons (Fsp3) is 0.533. The Bertz CT molecular complexity index is 517. The highest BCUT2D eigenvalue weighted by Crippen LogP contribution is 2.26. The van der Waals surface area contributed by atoms with E-state index in [1.165, 1.54) is 12.8 Å². The van der Waals surface area contributed by atoms with E-state index in [0.717, 1.165) is 42.5 Å². The third-order valence-electron chi connectivity index (χ3n) is 3.92. The van der Waals surface area contributed by atoms with Crippen molar-refractivity contribution in [2.75, 3.05) is 19.6 Å². The van der Waals surface area contributed by atoms with Crippen LogP contribution in [0, 0.1) is 0 Å². The van der Waals surface area contributed by atoms with E-state index in [1.807, 2.05) is 6.07 Å². The van der Waals surface area contributed by atoms with E-state index in [2.05, 4.69) is 39.8 Å². The molecule has 108 valence electrons. The predicted octanol–water partition coefficient (Wildman–Crippen LogP) is 2.98. The molecule has 3 heterocycles. The fourth-order valence-corrected chi connectivity index (χ4v) is 3.47. The summed E-state index contributed by atoms with van der Waals surface area (Å²) in [5.74, 6) is 0.886. The molecule has 1 fully saturated rings. The Morgan fingerprint density at radius 2 is 2.30 bits per heavy atom. The summed E-state index contributed by atoms with van der Waals surface area (Å²) in [6.07, 6.45) is 2.45. The zero-order valence-corrected chi connectivity index (χ0v) is 12.7. The third kappa shape index (κ3) is 3.11. The van der Waals surface area contributed by atoms with Crippen molar-refractivity contribution in [1.82, 2.24) is 15.4 Å². The van der Waals surface area contributed by atoms with Gasteiger partial charge in [0.2, 0.25) is 0 Å². The van der Waals surface area contributed by atoms with Gasteiger partial charge in [0.1, 0.15) is 0 Å². The van der Waals surface area contributed by atoms with Crippen molar-refractivity contribution >= 4 is 11.3 Å². The van der Waals surface area contributed by atoms with E-state index < -0.39 is 0 Å². The summed E-state index contributed by atoms with van der Waals surface area (Å²) in [7, 11) is 0. The highest BCUT2D eigenvalue weighted by atomic mass is 32.1. The molecule has 0 spiro atoms. The summed E-state index contributed by atoms with van der Waals surface area (Å²) < 4.78 is 5.46. The Labute approximate surface area is 123 Å². The number of rotatable bonds is 5. The van der Waals surface area contributed by atoms with Crippen molar-refractivity contribution in [3.05, 3.63) is 29.3 Å². The molecule has 1 N–H and O–H groups in total. The first-order valence-corrected chi connectivity index (χ1v) is 8.19. The monoisotopic (exact) mass is 291 g/mol. The molecule has 0 aliphatic carbocycles. The maximum absolute atomic E-state index is 5.46. The van der Waals surface area contributed by atoms with E-state index in [1.54, 1.807) is 11.3 Å². The molecule has 5 heteroatoms. The Balaban J connectivity index is 1.66. The maximum Gasteiger partial charge on any atom is 0.177 e. The number of hydrogen-bond donors (Lipinski definition) is 1. The van der Waals surface area contributed by atoms with Crippen molar-refractivity contribution in [2.24, 2.45) is 0 Å². The Morgan fingerprint density at radius 1 is 1.45 bits per heavy atom. The van der Waals surface area contributed by atoms with E-state index in [0.29, 0.717) is 6.04 Å². The molecule has 2 aromatic rings. The summed E-state index contributed by atoms with van der Waals surface area (Å²) in [6, 6.07) is 6.85. The average Bonchev–Trinajstić information content (AvgIpc) is 3.16. The summed E-state index contributed by atoms with van der Waals surface area (Å²) in [5.41, 5.74) is 1.04. The first-order valence-electron chi connectivity index (χ1n) is 7.31. The predicted molar refractivity (Wildman–Crippen MR) is 81.8 cm³/mol. The SMILES string of the molecule is CCN(Cc1cc(-c2cccs2)on1)C1CCNCC1. The smallest absolute Gasteiger partial charge is 0.177 e. The second kappa shape index (κ2) is 6.52. The van der Waals surface area contributed by atoms with E-state index in [9.17, 15) is 0 Å². The molecule has 0 amide bonds. The molecule has 0 radical (unpaired) electrons. The van der Waals surface area contributed by atoms with Gasteiger partial charge in [-0.15, -0.1) is 11.3 Å². The lowest BCUT2D eigenvalue weighted by Gasteiger charge is -2.33. The molecule has 0 saturated carbocycles. The van der Waals surface area contributed by atoms with Gasteiger partial charge < -0.3 is 9.84 Å². The van der Waals surface area contributed by atoms with E-state index in [4.69, 9.17) is 4.52 Å². The first kappa shape index (κ1) is 13.8. The lowest BCUT2D eigenvalue weighted by Crippen LogP contribution is -2.42. The van der Waals surface area contributed by atoms with Crippen LogP contribution in [0.2, 0.25) is 0 Å². The van der Waals surface area contributed by atoms with Crippen LogP contribution in [-0.4, -0.2) is 35.7 Å². The van der Waals surface area contributed by atoms with Crippen molar-refractivity contribution in [3.8, 4) is 10.6 Å². The van der Waals surface area contributed by atoms with E-state index >= 15 is 0 Å². The zero-order chi connectivity index (χ0) is 13.8. The van der Waals surface area contributed by atoms with Crippen LogP contribution < -0.4 is 5.32 Å². The molecule has 1 aliphatic heterocycles. The Hall–Kier alpha value is -1.17. The number of thiophene rings is 1. The summed E-state index contributed by atoms with van der Waals surface area (Å²) in [6.45, 7) is 6.42. The van der Waals surface area contributed by atoms with Crippen LogP contribution in [-0.2, 0) is 6.54 Å². The molecule has 0 unspecified atom stereocenters. The molecule has 0 bridgehead atoms. The number of nitrogens with zero attached hydrogens (tertiary/aromatic N) is 2. The van der Waals surface area contributed by atoms with Crippen LogP contribution in [0.1, 0.15) is 25.5 Å². The van der Waals surface area contributed by atoms with Gasteiger partial charge in [-0.1, -0.05) is 18.1 Å². The Morgan fingerprint density at radius 3 is 3.00 bits per heavy atom. The van der Waals surface area contributed by atoms with Crippen molar-refractivity contribution < 1.29 is 4.52 Å². The second-order valence-corrected chi connectivity index (χ2v) is 6.15. The summed E-state index contributed by atoms with van der Waals surface area (Å²) in [4.78, 5) is 3.66. The number of aromatic nitrogens is 1. The molecule has 20 heavy (non-hydrogen) atoms. The van der Waals surface area contributed by atoms with Gasteiger partial charge in [-0.2, -0.15) is 0 Å². The highest BCUT2D eigenvalue weighted by molar-refractivity contribution is 7.13. The van der Waals surface area contributed by atoms with Crippen LogP contribution in [0.5, 0.6) is 0 Å². The van der Waals surface area contributed by atoms with Crippen LogP contribution in [0.15, 0.2) is 28.1 Å². The summed E-state index contributed by atoms with van der Waals surface area (Å²) in [5, 5.41) is 9.71. The Kier molecular flexibility index (Phi) is 4.50. The molecular formula is C15H21N3OS. The minimum Gasteiger partial charge on any atom is -0.355 e. The standard InChI is InChI=1S/C15H21N3OS/c1-2-18(13-5-7-16-8-6-13)11-12-10-14(19-17-12)15-4-3-9-20-15/h3-4,9-10,13,16H,2,5-8,11H2,1H3. The minimum atomic E-state index is 0.670. The fourth-order valence-electron chi connectivity index (χ4n) is 2.80. The molecule has 3 rings (SSSR count). The molecule has 0 atom stereocenters. The molecular weight excluding hydrogens is 270 g/mol. The maximum atomic E-state index is 5.46. The van der Waals surface area contributed by atoms with Crippen molar-refractivity contribution in [3.63, 3.8) is 0 Å². The molecule has 1 saturated heterocycles. The van der Waals surface area contributed by atoms with E-state index in [-0.39, 0.29) is 0 Å². The van der Waals surface area contributed by atoms with Gasteiger partial charge in [0.05, 0.1) is 10.6 Å². The zero-order valence-electron chi connectivity index (χ0n) is 11.8. The highest BCUT2D eigenvalue weighted by Gasteiger charge is 2.21. The number of piperidine rings is 1. The van der Waals surface area contributed by atoms with Crippen LogP contribution in [0.4, 0.5) is 0 Å². The van der Waals surface area contributed by atoms with Gasteiger partial charge >= 0.3 is 0 Å².